The van der Waals surface area contributed by atoms with Crippen LogP contribution in [0.15, 0.2) is 48.5 Å². The maximum absolute atomic E-state index is 12.2. The van der Waals surface area contributed by atoms with E-state index in [0.717, 1.165) is 12.8 Å². The molecule has 138 valence electrons. The molecule has 0 bridgehead atoms. The molecule has 0 saturated carbocycles. The molecule has 0 radical (unpaired) electrons. The van der Waals surface area contributed by atoms with Crippen LogP contribution in [-0.4, -0.2) is 24.6 Å². The quantitative estimate of drug-likeness (QED) is 0.536. The second-order valence-electron chi connectivity index (χ2n) is 5.77. The number of unbranched alkanes of at least 4 members (excludes halogenated alkanes) is 1. The molecule has 1 atom stereocenters. The highest BCUT2D eigenvalue weighted by molar-refractivity contribution is 6.30. The number of carbonyl (C=O) groups excluding carboxylic acids is 2. The third-order valence-electron chi connectivity index (χ3n) is 3.60. The molecule has 0 saturated heterocycles. The fraction of sp³-hybridized carbons (Fsp3) is 0.300. The molecule has 2 aromatic carbocycles. The van der Waals surface area contributed by atoms with Crippen LogP contribution < -0.4 is 10.1 Å². The Balaban J connectivity index is 1.88. The molecular formula is C20H22ClNO4. The Morgan fingerprint density at radius 1 is 1.15 bits per heavy atom. The summed E-state index contributed by atoms with van der Waals surface area (Å²) in [6, 6.07) is 13.4. The molecule has 0 heterocycles. The summed E-state index contributed by atoms with van der Waals surface area (Å²) in [7, 11) is 0. The molecule has 1 amide bonds. The van der Waals surface area contributed by atoms with Gasteiger partial charge in [-0.1, -0.05) is 31.0 Å². The lowest BCUT2D eigenvalue weighted by molar-refractivity contribution is -0.123. The monoisotopic (exact) mass is 375 g/mol. The molecule has 1 N–H and O–H groups in total. The van der Waals surface area contributed by atoms with Crippen LogP contribution in [0.4, 0.5) is 5.69 Å². The third kappa shape index (κ3) is 6.08. The fourth-order valence-corrected chi connectivity index (χ4v) is 2.30. The van der Waals surface area contributed by atoms with E-state index in [2.05, 4.69) is 12.2 Å². The second kappa shape index (κ2) is 9.82. The minimum atomic E-state index is -0.943. The molecule has 0 fully saturated rings. The van der Waals surface area contributed by atoms with Crippen molar-refractivity contribution in [1.29, 1.82) is 0 Å². The topological polar surface area (TPSA) is 64.6 Å². The molecule has 2 rings (SSSR count). The maximum atomic E-state index is 12.2. The SMILES string of the molecule is CCCCOc1ccc(C(=O)O[C@H](C)C(=O)Nc2cccc(Cl)c2)cc1. The molecule has 0 aliphatic heterocycles. The highest BCUT2D eigenvalue weighted by atomic mass is 35.5. The molecule has 0 spiro atoms. The van der Waals surface area contributed by atoms with Crippen LogP contribution in [0, 0.1) is 0 Å². The van der Waals surface area contributed by atoms with E-state index in [-0.39, 0.29) is 0 Å². The van der Waals surface area contributed by atoms with Crippen LogP contribution in [-0.2, 0) is 9.53 Å². The predicted octanol–water partition coefficient (Wildman–Crippen LogP) is 4.70. The van der Waals surface area contributed by atoms with Crippen molar-refractivity contribution >= 4 is 29.2 Å². The van der Waals surface area contributed by atoms with Gasteiger partial charge in [0.25, 0.3) is 5.91 Å². The summed E-state index contributed by atoms with van der Waals surface area (Å²) in [5.74, 6) is -0.305. The summed E-state index contributed by atoms with van der Waals surface area (Å²) in [4.78, 5) is 24.3. The minimum Gasteiger partial charge on any atom is -0.494 e. The van der Waals surface area contributed by atoms with Crippen LogP contribution in [0.2, 0.25) is 5.02 Å². The van der Waals surface area contributed by atoms with Gasteiger partial charge in [-0.15, -0.1) is 0 Å². The molecule has 5 nitrogen and oxygen atoms in total. The zero-order valence-electron chi connectivity index (χ0n) is 14.8. The zero-order chi connectivity index (χ0) is 18.9. The number of amides is 1. The van der Waals surface area contributed by atoms with Gasteiger partial charge >= 0.3 is 5.97 Å². The van der Waals surface area contributed by atoms with Crippen molar-refractivity contribution < 1.29 is 19.1 Å². The molecule has 26 heavy (non-hydrogen) atoms. The number of nitrogens with one attached hydrogen (secondary N) is 1. The third-order valence-corrected chi connectivity index (χ3v) is 3.84. The van der Waals surface area contributed by atoms with Crippen molar-refractivity contribution in [2.24, 2.45) is 0 Å². The lowest BCUT2D eigenvalue weighted by Crippen LogP contribution is -2.30. The van der Waals surface area contributed by atoms with Gasteiger partial charge in [0.05, 0.1) is 12.2 Å². The van der Waals surface area contributed by atoms with E-state index in [4.69, 9.17) is 21.1 Å². The molecule has 0 aromatic heterocycles. The molecular weight excluding hydrogens is 354 g/mol. The summed E-state index contributed by atoms with van der Waals surface area (Å²) >= 11 is 5.88. The minimum absolute atomic E-state index is 0.357. The van der Waals surface area contributed by atoms with Gasteiger partial charge in [-0.2, -0.15) is 0 Å². The predicted molar refractivity (Wildman–Crippen MR) is 102 cm³/mol. The lowest BCUT2D eigenvalue weighted by atomic mass is 10.2. The van der Waals surface area contributed by atoms with E-state index in [9.17, 15) is 9.59 Å². The fourth-order valence-electron chi connectivity index (χ4n) is 2.11. The first-order valence-electron chi connectivity index (χ1n) is 8.50. The summed E-state index contributed by atoms with van der Waals surface area (Å²) < 4.78 is 10.8. The molecule has 0 aliphatic rings. The van der Waals surface area contributed by atoms with Gasteiger partial charge < -0.3 is 14.8 Å². The Morgan fingerprint density at radius 2 is 1.88 bits per heavy atom. The van der Waals surface area contributed by atoms with Gasteiger partial charge in [0.2, 0.25) is 0 Å². The largest absolute Gasteiger partial charge is 0.494 e. The van der Waals surface area contributed by atoms with Crippen LogP contribution in [0.1, 0.15) is 37.0 Å². The van der Waals surface area contributed by atoms with E-state index >= 15 is 0 Å². The van der Waals surface area contributed by atoms with Crippen molar-refractivity contribution in [1.82, 2.24) is 0 Å². The van der Waals surface area contributed by atoms with Crippen molar-refractivity contribution in [2.75, 3.05) is 11.9 Å². The number of ether oxygens (including phenoxy) is 2. The Hall–Kier alpha value is -2.53. The van der Waals surface area contributed by atoms with Gasteiger partial charge in [-0.25, -0.2) is 4.79 Å². The first kappa shape index (κ1) is 19.8. The number of esters is 1. The highest BCUT2D eigenvalue weighted by Gasteiger charge is 2.19. The highest BCUT2D eigenvalue weighted by Crippen LogP contribution is 2.16. The summed E-state index contributed by atoms with van der Waals surface area (Å²) in [6.07, 6.45) is 1.09. The normalized spacial score (nSPS) is 11.5. The van der Waals surface area contributed by atoms with E-state index < -0.39 is 18.0 Å². The van der Waals surface area contributed by atoms with Crippen LogP contribution >= 0.6 is 11.6 Å². The molecule has 2 aromatic rings. The van der Waals surface area contributed by atoms with Crippen LogP contribution in [0.25, 0.3) is 0 Å². The average Bonchev–Trinajstić information content (AvgIpc) is 2.62. The van der Waals surface area contributed by atoms with Crippen molar-refractivity contribution in [3.8, 4) is 5.75 Å². The number of rotatable bonds is 8. The molecule has 0 unspecified atom stereocenters. The molecule has 6 heteroatoms. The van der Waals surface area contributed by atoms with E-state index in [1.807, 2.05) is 0 Å². The number of anilines is 1. The standard InChI is InChI=1S/C20H22ClNO4/c1-3-4-12-25-18-10-8-15(9-11-18)20(24)26-14(2)19(23)22-17-7-5-6-16(21)13-17/h5-11,13-14H,3-4,12H2,1-2H3,(H,22,23)/t14-/m1/s1. The second-order valence-corrected chi connectivity index (χ2v) is 6.21. The summed E-state index contributed by atoms with van der Waals surface area (Å²) in [6.45, 7) is 4.24. The first-order valence-corrected chi connectivity index (χ1v) is 8.87. The first-order chi connectivity index (χ1) is 12.5. The van der Waals surface area contributed by atoms with Crippen molar-refractivity contribution in [3.63, 3.8) is 0 Å². The van der Waals surface area contributed by atoms with Crippen LogP contribution in [0.5, 0.6) is 5.75 Å². The number of benzene rings is 2. The van der Waals surface area contributed by atoms with E-state index in [1.165, 1.54) is 6.92 Å². The van der Waals surface area contributed by atoms with Crippen molar-refractivity contribution in [2.45, 2.75) is 32.8 Å². The lowest BCUT2D eigenvalue weighted by Gasteiger charge is -2.14. The Kier molecular flexibility index (Phi) is 7.48. The van der Waals surface area contributed by atoms with Gasteiger partial charge in [-0.05, 0) is 55.8 Å². The summed E-state index contributed by atoms with van der Waals surface area (Å²) in [5, 5.41) is 3.16. The smallest absolute Gasteiger partial charge is 0.338 e. The zero-order valence-corrected chi connectivity index (χ0v) is 15.6. The maximum Gasteiger partial charge on any atom is 0.338 e. The number of carbonyl (C=O) groups is 2. The van der Waals surface area contributed by atoms with Gasteiger partial charge in [-0.3, -0.25) is 4.79 Å². The van der Waals surface area contributed by atoms with Crippen molar-refractivity contribution in [3.05, 3.63) is 59.1 Å². The Morgan fingerprint density at radius 3 is 2.54 bits per heavy atom. The Bertz CT molecular complexity index is 746. The van der Waals surface area contributed by atoms with Gasteiger partial charge in [0.1, 0.15) is 5.75 Å². The molecule has 0 aliphatic carbocycles. The van der Waals surface area contributed by atoms with Gasteiger partial charge in [0.15, 0.2) is 6.10 Å². The summed E-state index contributed by atoms with van der Waals surface area (Å²) in [5.41, 5.74) is 0.897. The van der Waals surface area contributed by atoms with E-state index in [1.54, 1.807) is 48.5 Å². The number of halogens is 1. The van der Waals surface area contributed by atoms with Gasteiger partial charge in [0, 0.05) is 10.7 Å². The number of hydrogen-bond donors (Lipinski definition) is 1. The van der Waals surface area contributed by atoms with Crippen LogP contribution in [0.3, 0.4) is 0 Å². The van der Waals surface area contributed by atoms with E-state index in [0.29, 0.717) is 28.6 Å². The average molecular weight is 376 g/mol. The Labute approximate surface area is 158 Å². The number of hydrogen-bond acceptors (Lipinski definition) is 4.